The molecule has 0 saturated carbocycles. The summed E-state index contributed by atoms with van der Waals surface area (Å²) in [6.07, 6.45) is 0.852. The summed E-state index contributed by atoms with van der Waals surface area (Å²) in [4.78, 5) is 25.3. The Kier molecular flexibility index (Phi) is 6.13. The number of nitrogens with two attached hydrogens (primary N) is 1. The Morgan fingerprint density at radius 3 is 2.18 bits per heavy atom. The van der Waals surface area contributed by atoms with E-state index in [4.69, 9.17) is 10.5 Å². The Balaban J connectivity index is 1.60. The highest BCUT2D eigenvalue weighted by Gasteiger charge is 2.14. The van der Waals surface area contributed by atoms with Gasteiger partial charge in [-0.3, -0.25) is 14.6 Å². The van der Waals surface area contributed by atoms with Crippen molar-refractivity contribution in [2.45, 2.75) is 18.9 Å². The first kappa shape index (κ1) is 19.7. The number of aromatic amines is 1. The molecule has 7 nitrogen and oxygen atoms in total. The third-order valence-corrected chi connectivity index (χ3v) is 4.98. The van der Waals surface area contributed by atoms with Crippen LogP contribution in [0.5, 0.6) is 17.4 Å². The molecule has 0 aliphatic rings. The summed E-state index contributed by atoms with van der Waals surface area (Å²) < 4.78 is 10.4. The van der Waals surface area contributed by atoms with E-state index in [1.807, 2.05) is 48.5 Å². The van der Waals surface area contributed by atoms with Crippen LogP contribution < -0.4 is 15.3 Å². The van der Waals surface area contributed by atoms with Crippen LogP contribution in [0, 0.1) is 0 Å². The van der Waals surface area contributed by atoms with Crippen molar-refractivity contribution in [2.75, 3.05) is 7.11 Å². The van der Waals surface area contributed by atoms with Gasteiger partial charge in [0.05, 0.1) is 12.0 Å². The summed E-state index contributed by atoms with van der Waals surface area (Å²) in [6.45, 7) is 0. The number of carbonyl (C=O) groups excluding carboxylic acids is 1. The molecule has 1 unspecified atom stereocenters. The van der Waals surface area contributed by atoms with Crippen LogP contribution in [0.3, 0.4) is 0 Å². The van der Waals surface area contributed by atoms with Crippen molar-refractivity contribution in [3.8, 4) is 17.4 Å². The van der Waals surface area contributed by atoms with Crippen LogP contribution in [0.25, 0.3) is 0 Å². The Morgan fingerprint density at radius 2 is 1.68 bits per heavy atom. The van der Waals surface area contributed by atoms with Crippen molar-refractivity contribution >= 4 is 17.3 Å². The number of aromatic hydroxyl groups is 1. The van der Waals surface area contributed by atoms with Crippen LogP contribution in [0.1, 0.15) is 16.0 Å². The molecule has 146 valence electrons. The van der Waals surface area contributed by atoms with Gasteiger partial charge in [0.15, 0.2) is 0 Å². The lowest BCUT2D eigenvalue weighted by atomic mass is 10.1. The molecule has 0 aliphatic carbocycles. The summed E-state index contributed by atoms with van der Waals surface area (Å²) >= 11 is 0.994. The SMILES string of the molecule is COC(=O)C(N)Cc1ccc(Oc2ccc(Cc3sc(=O)[nH]c3O)cc2)cc1. The van der Waals surface area contributed by atoms with Crippen LogP contribution in [0.2, 0.25) is 0 Å². The molecule has 3 rings (SSSR count). The molecule has 1 aromatic heterocycles. The lowest BCUT2D eigenvalue weighted by molar-refractivity contribution is -0.142. The minimum absolute atomic E-state index is 0.0812. The highest BCUT2D eigenvalue weighted by atomic mass is 32.1. The van der Waals surface area contributed by atoms with Gasteiger partial charge in [-0.05, 0) is 41.8 Å². The van der Waals surface area contributed by atoms with Crippen molar-refractivity contribution in [1.82, 2.24) is 4.98 Å². The van der Waals surface area contributed by atoms with Gasteiger partial charge in [-0.15, -0.1) is 0 Å². The summed E-state index contributed by atoms with van der Waals surface area (Å²) in [5.41, 5.74) is 7.62. The van der Waals surface area contributed by atoms with Gasteiger partial charge >= 0.3 is 10.8 Å². The van der Waals surface area contributed by atoms with E-state index in [9.17, 15) is 14.7 Å². The highest BCUT2D eigenvalue weighted by molar-refractivity contribution is 7.09. The fourth-order valence-corrected chi connectivity index (χ4v) is 3.41. The molecule has 4 N–H and O–H groups in total. The second-order valence-electron chi connectivity index (χ2n) is 6.19. The smallest absolute Gasteiger partial charge is 0.322 e. The molecule has 0 saturated heterocycles. The fraction of sp³-hybridized carbons (Fsp3) is 0.200. The minimum atomic E-state index is -0.692. The van der Waals surface area contributed by atoms with E-state index in [1.165, 1.54) is 7.11 Å². The Labute approximate surface area is 165 Å². The van der Waals surface area contributed by atoms with Crippen molar-refractivity contribution in [2.24, 2.45) is 5.73 Å². The largest absolute Gasteiger partial charge is 0.494 e. The lowest BCUT2D eigenvalue weighted by Gasteiger charge is -2.10. The third kappa shape index (κ3) is 4.99. The number of methoxy groups -OCH3 is 1. The van der Waals surface area contributed by atoms with E-state index in [0.717, 1.165) is 22.5 Å². The van der Waals surface area contributed by atoms with E-state index in [0.29, 0.717) is 29.2 Å². The summed E-state index contributed by atoms with van der Waals surface area (Å²) in [5.74, 6) is 0.793. The molecule has 8 heteroatoms. The minimum Gasteiger partial charge on any atom is -0.494 e. The normalized spacial score (nSPS) is 11.8. The Hall–Kier alpha value is -3.10. The molecule has 0 fully saturated rings. The van der Waals surface area contributed by atoms with Gasteiger partial charge in [-0.1, -0.05) is 35.6 Å². The number of hydrogen-bond acceptors (Lipinski definition) is 7. The Morgan fingerprint density at radius 1 is 1.11 bits per heavy atom. The maximum Gasteiger partial charge on any atom is 0.322 e. The third-order valence-electron chi connectivity index (χ3n) is 4.11. The molecule has 1 atom stereocenters. The Bertz CT molecular complexity index is 993. The molecule has 28 heavy (non-hydrogen) atoms. The number of rotatable bonds is 7. The second-order valence-corrected chi connectivity index (χ2v) is 7.25. The molecule has 0 aliphatic heterocycles. The zero-order valence-electron chi connectivity index (χ0n) is 15.2. The molecule has 0 amide bonds. The monoisotopic (exact) mass is 400 g/mol. The first-order chi connectivity index (χ1) is 13.4. The zero-order chi connectivity index (χ0) is 20.1. The van der Waals surface area contributed by atoms with Crippen LogP contribution in [-0.2, 0) is 22.4 Å². The van der Waals surface area contributed by atoms with E-state index in [1.54, 1.807) is 0 Å². The topological polar surface area (TPSA) is 115 Å². The number of aromatic nitrogens is 1. The van der Waals surface area contributed by atoms with Gasteiger partial charge in [-0.25, -0.2) is 0 Å². The summed E-state index contributed by atoms with van der Waals surface area (Å²) in [6, 6.07) is 14.0. The zero-order valence-corrected chi connectivity index (χ0v) is 16.0. The number of hydrogen-bond donors (Lipinski definition) is 3. The van der Waals surface area contributed by atoms with Crippen molar-refractivity contribution in [1.29, 1.82) is 0 Å². The predicted molar refractivity (Wildman–Crippen MR) is 106 cm³/mol. The highest BCUT2D eigenvalue weighted by Crippen LogP contribution is 2.25. The molecule has 0 radical (unpaired) electrons. The maximum absolute atomic E-state index is 11.4. The predicted octanol–water partition coefficient (Wildman–Crippen LogP) is 2.57. The van der Waals surface area contributed by atoms with Crippen molar-refractivity contribution < 1.29 is 19.4 Å². The lowest BCUT2D eigenvalue weighted by Crippen LogP contribution is -2.33. The second kappa shape index (κ2) is 8.73. The molecular formula is C20H20N2O5S. The molecule has 1 heterocycles. The number of ether oxygens (including phenoxy) is 2. The van der Waals surface area contributed by atoms with Gasteiger partial charge in [0.25, 0.3) is 0 Å². The summed E-state index contributed by atoms with van der Waals surface area (Å²) in [5, 5.41) is 9.66. The van der Waals surface area contributed by atoms with E-state index in [-0.39, 0.29) is 10.8 Å². The van der Waals surface area contributed by atoms with Crippen LogP contribution in [0.15, 0.2) is 53.3 Å². The first-order valence-corrected chi connectivity index (χ1v) is 9.36. The number of benzene rings is 2. The molecule has 3 aromatic rings. The molecule has 0 bridgehead atoms. The van der Waals surface area contributed by atoms with Crippen LogP contribution >= 0.6 is 11.3 Å². The van der Waals surface area contributed by atoms with E-state index >= 15 is 0 Å². The number of thiazole rings is 1. The van der Waals surface area contributed by atoms with E-state index < -0.39 is 12.0 Å². The molecule has 2 aromatic carbocycles. The average Bonchev–Trinajstić information content (AvgIpc) is 3.01. The quantitative estimate of drug-likeness (QED) is 0.525. The molecule has 0 spiro atoms. The number of esters is 1. The van der Waals surface area contributed by atoms with Crippen LogP contribution in [0.4, 0.5) is 0 Å². The average molecular weight is 400 g/mol. The maximum atomic E-state index is 11.4. The van der Waals surface area contributed by atoms with E-state index in [2.05, 4.69) is 9.72 Å². The van der Waals surface area contributed by atoms with Crippen LogP contribution in [-0.4, -0.2) is 29.2 Å². The molecular weight excluding hydrogens is 380 g/mol. The number of H-pyrrole nitrogens is 1. The standard InChI is InChI=1S/C20H20N2O5S/c1-26-19(24)16(21)10-12-2-6-14(7-3-12)27-15-8-4-13(5-9-15)11-17-18(23)22-20(25)28-17/h2-9,16,23H,10-11,21H2,1H3,(H,22,25). The van der Waals surface area contributed by atoms with Gasteiger partial charge in [0, 0.05) is 6.42 Å². The summed E-state index contributed by atoms with van der Waals surface area (Å²) in [7, 11) is 1.31. The number of carbonyl (C=O) groups is 1. The van der Waals surface area contributed by atoms with Gasteiger partial charge in [0.2, 0.25) is 5.88 Å². The van der Waals surface area contributed by atoms with Crippen molar-refractivity contribution in [3.05, 3.63) is 74.2 Å². The first-order valence-electron chi connectivity index (χ1n) is 8.54. The van der Waals surface area contributed by atoms with Gasteiger partial charge in [0.1, 0.15) is 17.5 Å². The number of nitrogens with one attached hydrogen (secondary N) is 1. The fourth-order valence-electron chi connectivity index (χ4n) is 2.65. The van der Waals surface area contributed by atoms with Gasteiger partial charge in [-0.2, -0.15) is 0 Å². The van der Waals surface area contributed by atoms with Crippen molar-refractivity contribution in [3.63, 3.8) is 0 Å². The van der Waals surface area contributed by atoms with Gasteiger partial charge < -0.3 is 20.3 Å².